The molecule has 21 heavy (non-hydrogen) atoms. The highest BCUT2D eigenvalue weighted by Gasteiger charge is 2.13. The van der Waals surface area contributed by atoms with Crippen molar-refractivity contribution in [3.63, 3.8) is 0 Å². The summed E-state index contributed by atoms with van der Waals surface area (Å²) < 4.78 is 5.77. The number of nitrogens with one attached hydrogen (secondary N) is 2. The number of ether oxygens (including phenoxy) is 1. The minimum absolute atomic E-state index is 0.0285. The van der Waals surface area contributed by atoms with Crippen molar-refractivity contribution in [3.8, 4) is 0 Å². The number of rotatable bonds is 6. The largest absolute Gasteiger partial charge is 0.376 e. The lowest BCUT2D eigenvalue weighted by Gasteiger charge is -2.22. The van der Waals surface area contributed by atoms with E-state index < -0.39 is 0 Å². The molecule has 0 atom stereocenters. The number of benzene rings is 1. The molecule has 0 unspecified atom stereocenters. The van der Waals surface area contributed by atoms with Crippen LogP contribution in [0.3, 0.4) is 0 Å². The van der Waals surface area contributed by atoms with Gasteiger partial charge in [0.2, 0.25) is 0 Å². The number of carbonyl (C=O) groups is 1. The highest BCUT2D eigenvalue weighted by molar-refractivity contribution is 5.94. The standard InChI is InChI=1S/C17H26N2O2/c1-13(2)14-3-5-15(6-4-14)17(20)19-11-12-21-16-7-9-18-10-8-16/h3-6,13,16,18H,7-12H2,1-2H3,(H,19,20). The Kier molecular flexibility index (Phi) is 6.21. The fourth-order valence-corrected chi connectivity index (χ4v) is 2.47. The molecule has 116 valence electrons. The summed E-state index contributed by atoms with van der Waals surface area (Å²) in [5, 5.41) is 6.22. The summed E-state index contributed by atoms with van der Waals surface area (Å²) in [6.45, 7) is 7.49. The molecule has 1 amide bonds. The lowest BCUT2D eigenvalue weighted by atomic mass is 10.0. The van der Waals surface area contributed by atoms with Crippen molar-refractivity contribution >= 4 is 5.91 Å². The maximum Gasteiger partial charge on any atom is 0.251 e. The molecule has 2 rings (SSSR count). The Morgan fingerprint density at radius 1 is 1.29 bits per heavy atom. The van der Waals surface area contributed by atoms with E-state index in [0.29, 0.717) is 30.7 Å². The van der Waals surface area contributed by atoms with Crippen LogP contribution in [-0.2, 0) is 4.74 Å². The highest BCUT2D eigenvalue weighted by Crippen LogP contribution is 2.14. The van der Waals surface area contributed by atoms with Gasteiger partial charge in [-0.1, -0.05) is 26.0 Å². The molecule has 1 heterocycles. The van der Waals surface area contributed by atoms with Gasteiger partial charge >= 0.3 is 0 Å². The fourth-order valence-electron chi connectivity index (χ4n) is 2.47. The van der Waals surface area contributed by atoms with Crippen molar-refractivity contribution in [2.45, 2.75) is 38.7 Å². The lowest BCUT2D eigenvalue weighted by Crippen LogP contribution is -2.34. The Labute approximate surface area is 127 Å². The van der Waals surface area contributed by atoms with Crippen LogP contribution in [0.15, 0.2) is 24.3 Å². The van der Waals surface area contributed by atoms with Crippen LogP contribution in [0, 0.1) is 0 Å². The van der Waals surface area contributed by atoms with Crippen molar-refractivity contribution in [3.05, 3.63) is 35.4 Å². The van der Waals surface area contributed by atoms with Gasteiger partial charge in [-0.25, -0.2) is 0 Å². The molecule has 4 nitrogen and oxygen atoms in total. The van der Waals surface area contributed by atoms with Crippen LogP contribution in [0.2, 0.25) is 0 Å². The summed E-state index contributed by atoms with van der Waals surface area (Å²) in [4.78, 5) is 12.0. The van der Waals surface area contributed by atoms with Crippen LogP contribution in [0.25, 0.3) is 0 Å². The van der Waals surface area contributed by atoms with Gasteiger partial charge in [-0.05, 0) is 49.5 Å². The van der Waals surface area contributed by atoms with Crippen LogP contribution >= 0.6 is 0 Å². The molecule has 1 aliphatic heterocycles. The van der Waals surface area contributed by atoms with E-state index in [-0.39, 0.29) is 5.91 Å². The Bertz CT molecular complexity index is 437. The quantitative estimate of drug-likeness (QED) is 0.791. The molecular formula is C17H26N2O2. The third kappa shape index (κ3) is 5.14. The summed E-state index contributed by atoms with van der Waals surface area (Å²) in [6.07, 6.45) is 2.46. The number of hydrogen-bond acceptors (Lipinski definition) is 3. The van der Waals surface area contributed by atoms with Crippen LogP contribution in [0.4, 0.5) is 0 Å². The second-order valence-electron chi connectivity index (χ2n) is 5.85. The average Bonchev–Trinajstić information content (AvgIpc) is 2.52. The van der Waals surface area contributed by atoms with Crippen molar-refractivity contribution in [2.24, 2.45) is 0 Å². The molecule has 1 aromatic rings. The first-order valence-electron chi connectivity index (χ1n) is 7.87. The van der Waals surface area contributed by atoms with E-state index in [1.54, 1.807) is 0 Å². The molecule has 0 aromatic heterocycles. The second kappa shape index (κ2) is 8.15. The van der Waals surface area contributed by atoms with Crippen molar-refractivity contribution < 1.29 is 9.53 Å². The van der Waals surface area contributed by atoms with Gasteiger partial charge in [0.05, 0.1) is 12.7 Å². The summed E-state index contributed by atoms with van der Waals surface area (Å²) in [6, 6.07) is 7.81. The van der Waals surface area contributed by atoms with E-state index in [9.17, 15) is 4.79 Å². The molecule has 1 aliphatic rings. The van der Waals surface area contributed by atoms with Gasteiger partial charge in [0.15, 0.2) is 0 Å². The van der Waals surface area contributed by atoms with Crippen LogP contribution in [-0.4, -0.2) is 38.3 Å². The predicted molar refractivity (Wildman–Crippen MR) is 84.7 cm³/mol. The van der Waals surface area contributed by atoms with Crippen molar-refractivity contribution in [1.29, 1.82) is 0 Å². The van der Waals surface area contributed by atoms with Gasteiger partial charge in [-0.15, -0.1) is 0 Å². The Morgan fingerprint density at radius 3 is 2.57 bits per heavy atom. The smallest absolute Gasteiger partial charge is 0.251 e. The summed E-state index contributed by atoms with van der Waals surface area (Å²) in [7, 11) is 0. The summed E-state index contributed by atoms with van der Waals surface area (Å²) in [5.74, 6) is 0.458. The molecule has 0 aliphatic carbocycles. The molecule has 1 saturated heterocycles. The normalized spacial score (nSPS) is 16.1. The molecule has 1 aromatic carbocycles. The SMILES string of the molecule is CC(C)c1ccc(C(=O)NCCOC2CCNCC2)cc1. The van der Waals surface area contributed by atoms with E-state index in [1.165, 1.54) is 5.56 Å². The molecular weight excluding hydrogens is 264 g/mol. The molecule has 0 bridgehead atoms. The van der Waals surface area contributed by atoms with Crippen molar-refractivity contribution in [1.82, 2.24) is 10.6 Å². The first-order chi connectivity index (χ1) is 10.2. The Hall–Kier alpha value is -1.39. The highest BCUT2D eigenvalue weighted by atomic mass is 16.5. The first kappa shape index (κ1) is 16.0. The first-order valence-corrected chi connectivity index (χ1v) is 7.87. The van der Waals surface area contributed by atoms with Gasteiger partial charge in [-0.2, -0.15) is 0 Å². The lowest BCUT2D eigenvalue weighted by molar-refractivity contribution is 0.0343. The maximum atomic E-state index is 12.0. The Balaban J connectivity index is 1.69. The van der Waals surface area contributed by atoms with Crippen molar-refractivity contribution in [2.75, 3.05) is 26.2 Å². The van der Waals surface area contributed by atoms with E-state index in [4.69, 9.17) is 4.74 Å². The van der Waals surface area contributed by atoms with E-state index in [1.807, 2.05) is 24.3 Å². The summed E-state index contributed by atoms with van der Waals surface area (Å²) in [5.41, 5.74) is 1.96. The molecule has 1 fully saturated rings. The van der Waals surface area contributed by atoms with E-state index >= 15 is 0 Å². The zero-order valence-electron chi connectivity index (χ0n) is 13.0. The minimum Gasteiger partial charge on any atom is -0.376 e. The zero-order valence-corrected chi connectivity index (χ0v) is 13.0. The van der Waals surface area contributed by atoms with E-state index in [2.05, 4.69) is 24.5 Å². The minimum atomic E-state index is -0.0285. The maximum absolute atomic E-state index is 12.0. The van der Waals surface area contributed by atoms with Gasteiger partial charge in [0.1, 0.15) is 0 Å². The molecule has 4 heteroatoms. The van der Waals surface area contributed by atoms with Gasteiger partial charge < -0.3 is 15.4 Å². The molecule has 0 spiro atoms. The predicted octanol–water partition coefficient (Wildman–Crippen LogP) is 2.31. The number of piperidine rings is 1. The summed E-state index contributed by atoms with van der Waals surface area (Å²) >= 11 is 0. The van der Waals surface area contributed by atoms with Gasteiger partial charge in [-0.3, -0.25) is 4.79 Å². The monoisotopic (exact) mass is 290 g/mol. The van der Waals surface area contributed by atoms with Crippen LogP contribution in [0.5, 0.6) is 0 Å². The number of hydrogen-bond donors (Lipinski definition) is 2. The fraction of sp³-hybridized carbons (Fsp3) is 0.588. The third-order valence-electron chi connectivity index (χ3n) is 3.87. The zero-order chi connectivity index (χ0) is 15.1. The van der Waals surface area contributed by atoms with E-state index in [0.717, 1.165) is 25.9 Å². The second-order valence-corrected chi connectivity index (χ2v) is 5.85. The molecule has 0 radical (unpaired) electrons. The Morgan fingerprint density at radius 2 is 1.95 bits per heavy atom. The topological polar surface area (TPSA) is 50.4 Å². The molecule has 0 saturated carbocycles. The average molecular weight is 290 g/mol. The van der Waals surface area contributed by atoms with Crippen LogP contribution < -0.4 is 10.6 Å². The van der Waals surface area contributed by atoms with Gasteiger partial charge in [0.25, 0.3) is 5.91 Å². The third-order valence-corrected chi connectivity index (χ3v) is 3.87. The van der Waals surface area contributed by atoms with Gasteiger partial charge in [0, 0.05) is 12.1 Å². The number of amides is 1. The molecule has 2 N–H and O–H groups in total. The number of carbonyl (C=O) groups excluding carboxylic acids is 1. The van der Waals surface area contributed by atoms with Crippen LogP contribution in [0.1, 0.15) is 48.5 Å².